The summed E-state index contributed by atoms with van der Waals surface area (Å²) in [6, 6.07) is 0. The Balaban J connectivity index is 2.76. The summed E-state index contributed by atoms with van der Waals surface area (Å²) in [4.78, 5) is 0. The van der Waals surface area contributed by atoms with Crippen molar-refractivity contribution in [1.82, 2.24) is 0 Å². The van der Waals surface area contributed by atoms with Crippen molar-refractivity contribution in [3.05, 3.63) is 22.5 Å². The molecule has 0 aromatic carbocycles. The molecular weight excluding hydrogens is 170 g/mol. The second-order valence-electron chi connectivity index (χ2n) is 1.49. The zero-order chi connectivity index (χ0) is 5.98. The zero-order valence-corrected chi connectivity index (χ0v) is 5.81. The normalized spacial score (nSPS) is 18.6. The van der Waals surface area contributed by atoms with E-state index in [0.29, 0.717) is 6.61 Å². The number of ether oxygens (including phenoxy) is 1. The Hall–Kier alpha value is -0.440. The summed E-state index contributed by atoms with van der Waals surface area (Å²) in [7, 11) is 0. The van der Waals surface area contributed by atoms with Gasteiger partial charge in [0.25, 0.3) is 0 Å². The maximum atomic E-state index is 5.43. The fraction of sp³-hybridized carbons (Fsp3) is 0.200. The van der Waals surface area contributed by atoms with Crippen LogP contribution in [0.1, 0.15) is 0 Å². The number of hydrogen-bond acceptors (Lipinski definition) is 2. The lowest BCUT2D eigenvalue weighted by molar-refractivity contribution is 0.274. The van der Waals surface area contributed by atoms with Crippen LogP contribution in [-0.4, -0.2) is 6.61 Å². The number of hydrogen-bond donors (Lipinski definition) is 1. The van der Waals surface area contributed by atoms with Gasteiger partial charge >= 0.3 is 0 Å². The molecule has 0 atom stereocenters. The van der Waals surface area contributed by atoms with Crippen LogP contribution in [0.2, 0.25) is 0 Å². The average molecular weight is 176 g/mol. The highest BCUT2D eigenvalue weighted by Crippen LogP contribution is 2.13. The van der Waals surface area contributed by atoms with E-state index in [1.165, 1.54) is 0 Å². The van der Waals surface area contributed by atoms with Crippen LogP contribution in [0.3, 0.4) is 0 Å². The maximum absolute atomic E-state index is 5.43. The molecule has 0 amide bonds. The Morgan fingerprint density at radius 3 is 2.88 bits per heavy atom. The van der Waals surface area contributed by atoms with Gasteiger partial charge in [0.1, 0.15) is 6.61 Å². The molecular formula is C5H6BrNO. The second-order valence-corrected chi connectivity index (χ2v) is 2.34. The minimum absolute atomic E-state index is 0.497. The zero-order valence-electron chi connectivity index (χ0n) is 4.23. The molecule has 0 saturated heterocycles. The van der Waals surface area contributed by atoms with Crippen molar-refractivity contribution in [1.29, 1.82) is 0 Å². The van der Waals surface area contributed by atoms with Gasteiger partial charge in [0.15, 0.2) is 0 Å². The molecule has 0 spiro atoms. The number of allylic oxidation sites excluding steroid dienone is 2. The summed E-state index contributed by atoms with van der Waals surface area (Å²) >= 11 is 3.24. The molecule has 3 heteroatoms. The van der Waals surface area contributed by atoms with Gasteiger partial charge in [-0.05, 0) is 22.0 Å². The second kappa shape index (κ2) is 2.22. The van der Waals surface area contributed by atoms with Gasteiger partial charge in [-0.15, -0.1) is 0 Å². The summed E-state index contributed by atoms with van der Waals surface area (Å²) in [6.07, 6.45) is 3.39. The Kier molecular flexibility index (Phi) is 1.58. The third kappa shape index (κ3) is 1.04. The van der Waals surface area contributed by atoms with Gasteiger partial charge in [0.05, 0.1) is 12.0 Å². The van der Waals surface area contributed by atoms with E-state index >= 15 is 0 Å². The summed E-state index contributed by atoms with van der Waals surface area (Å²) in [5.74, 6) is 0. The smallest absolute Gasteiger partial charge is 0.128 e. The van der Waals surface area contributed by atoms with E-state index in [0.717, 1.165) is 10.2 Å². The maximum Gasteiger partial charge on any atom is 0.128 e. The molecule has 8 heavy (non-hydrogen) atoms. The molecule has 0 aliphatic carbocycles. The van der Waals surface area contributed by atoms with Gasteiger partial charge in [-0.3, -0.25) is 0 Å². The SMILES string of the molecule is NC1=C(Br)C=COC1. The molecule has 44 valence electrons. The highest BCUT2D eigenvalue weighted by atomic mass is 79.9. The van der Waals surface area contributed by atoms with Gasteiger partial charge in [-0.25, -0.2) is 0 Å². The van der Waals surface area contributed by atoms with Gasteiger partial charge in [0, 0.05) is 4.48 Å². The monoisotopic (exact) mass is 175 g/mol. The van der Waals surface area contributed by atoms with E-state index < -0.39 is 0 Å². The van der Waals surface area contributed by atoms with Crippen molar-refractivity contribution in [2.75, 3.05) is 6.61 Å². The minimum atomic E-state index is 0.497. The lowest BCUT2D eigenvalue weighted by Crippen LogP contribution is -2.08. The van der Waals surface area contributed by atoms with Crippen molar-refractivity contribution >= 4 is 15.9 Å². The van der Waals surface area contributed by atoms with Crippen molar-refractivity contribution in [3.63, 3.8) is 0 Å². The van der Waals surface area contributed by atoms with Crippen molar-refractivity contribution in [2.24, 2.45) is 5.73 Å². The van der Waals surface area contributed by atoms with E-state index in [1.807, 2.05) is 0 Å². The molecule has 2 nitrogen and oxygen atoms in total. The molecule has 0 fully saturated rings. The molecule has 1 heterocycles. The Labute approximate surface area is 56.1 Å². The van der Waals surface area contributed by atoms with Gasteiger partial charge in [-0.2, -0.15) is 0 Å². The largest absolute Gasteiger partial charge is 0.495 e. The third-order valence-electron chi connectivity index (χ3n) is 0.856. The van der Waals surface area contributed by atoms with Crippen molar-refractivity contribution in [3.8, 4) is 0 Å². The van der Waals surface area contributed by atoms with Crippen LogP contribution in [0.15, 0.2) is 22.5 Å². The molecule has 0 aromatic heterocycles. The summed E-state index contributed by atoms with van der Waals surface area (Å²) < 4.78 is 5.78. The van der Waals surface area contributed by atoms with Crippen LogP contribution >= 0.6 is 15.9 Å². The lowest BCUT2D eigenvalue weighted by Gasteiger charge is -2.06. The molecule has 2 N–H and O–H groups in total. The molecule has 0 saturated carbocycles. The highest BCUT2D eigenvalue weighted by Gasteiger charge is 1.99. The molecule has 0 aromatic rings. The first-order valence-electron chi connectivity index (χ1n) is 2.23. The van der Waals surface area contributed by atoms with Gasteiger partial charge < -0.3 is 10.5 Å². The average Bonchev–Trinajstić information content (AvgIpc) is 1.77. The Morgan fingerprint density at radius 2 is 2.50 bits per heavy atom. The number of rotatable bonds is 0. The van der Waals surface area contributed by atoms with E-state index in [4.69, 9.17) is 10.5 Å². The van der Waals surface area contributed by atoms with Crippen LogP contribution in [0.5, 0.6) is 0 Å². The van der Waals surface area contributed by atoms with Crippen LogP contribution in [0.25, 0.3) is 0 Å². The molecule has 1 aliphatic heterocycles. The van der Waals surface area contributed by atoms with Gasteiger partial charge in [0.2, 0.25) is 0 Å². The van der Waals surface area contributed by atoms with E-state index in [1.54, 1.807) is 12.3 Å². The Morgan fingerprint density at radius 1 is 1.75 bits per heavy atom. The molecule has 1 rings (SSSR count). The topological polar surface area (TPSA) is 35.2 Å². The van der Waals surface area contributed by atoms with Crippen LogP contribution in [0, 0.1) is 0 Å². The van der Waals surface area contributed by atoms with E-state index in [2.05, 4.69) is 15.9 Å². The molecule has 0 radical (unpaired) electrons. The molecule has 1 aliphatic rings. The van der Waals surface area contributed by atoms with Crippen molar-refractivity contribution < 1.29 is 4.74 Å². The highest BCUT2D eigenvalue weighted by molar-refractivity contribution is 9.11. The fourth-order valence-corrected chi connectivity index (χ4v) is 0.644. The van der Waals surface area contributed by atoms with E-state index in [-0.39, 0.29) is 0 Å². The number of halogens is 1. The van der Waals surface area contributed by atoms with Crippen LogP contribution < -0.4 is 5.73 Å². The predicted molar refractivity (Wildman–Crippen MR) is 35.2 cm³/mol. The standard InChI is InChI=1S/C5H6BrNO/c6-4-1-2-8-3-5(4)7/h1-2H,3,7H2. The third-order valence-corrected chi connectivity index (χ3v) is 1.63. The number of nitrogens with two attached hydrogens (primary N) is 1. The fourth-order valence-electron chi connectivity index (χ4n) is 0.422. The first-order chi connectivity index (χ1) is 3.80. The Bertz CT molecular complexity index is 151. The first-order valence-corrected chi connectivity index (χ1v) is 3.02. The lowest BCUT2D eigenvalue weighted by atomic mass is 10.4. The molecule has 0 bridgehead atoms. The predicted octanol–water partition coefficient (Wildman–Crippen LogP) is 1.10. The van der Waals surface area contributed by atoms with Gasteiger partial charge in [-0.1, -0.05) is 0 Å². The first kappa shape index (κ1) is 5.69. The molecule has 0 unspecified atom stereocenters. The summed E-state index contributed by atoms with van der Waals surface area (Å²) in [5.41, 5.74) is 6.18. The van der Waals surface area contributed by atoms with Crippen LogP contribution in [0.4, 0.5) is 0 Å². The summed E-state index contributed by atoms with van der Waals surface area (Å²) in [6.45, 7) is 0.497. The summed E-state index contributed by atoms with van der Waals surface area (Å²) in [5, 5.41) is 0. The van der Waals surface area contributed by atoms with E-state index in [9.17, 15) is 0 Å². The quantitative estimate of drug-likeness (QED) is 0.599. The van der Waals surface area contributed by atoms with Crippen LogP contribution in [-0.2, 0) is 4.74 Å². The van der Waals surface area contributed by atoms with Crippen molar-refractivity contribution in [2.45, 2.75) is 0 Å². The minimum Gasteiger partial charge on any atom is -0.495 e.